The van der Waals surface area contributed by atoms with Crippen LogP contribution in [0.5, 0.6) is 5.75 Å². The molecule has 0 heterocycles. The molecule has 114 valence electrons. The zero-order chi connectivity index (χ0) is 15.3. The highest BCUT2D eigenvalue weighted by atomic mass is 19.1. The molecule has 2 rings (SSSR count). The normalized spacial score (nSPS) is 17.0. The Morgan fingerprint density at radius 1 is 1.48 bits per heavy atom. The van der Waals surface area contributed by atoms with Crippen molar-refractivity contribution in [2.24, 2.45) is 5.41 Å². The second-order valence-corrected chi connectivity index (χ2v) is 5.98. The smallest absolute Gasteiger partial charge is 0.124 e. The lowest BCUT2D eigenvalue weighted by Crippen LogP contribution is -2.21. The van der Waals surface area contributed by atoms with Gasteiger partial charge in [-0.25, -0.2) is 4.39 Å². The van der Waals surface area contributed by atoms with Gasteiger partial charge in [0.2, 0.25) is 0 Å². The minimum Gasteiger partial charge on any atom is -0.493 e. The van der Waals surface area contributed by atoms with E-state index in [-0.39, 0.29) is 17.3 Å². The third-order valence-electron chi connectivity index (χ3n) is 4.08. The van der Waals surface area contributed by atoms with Crippen LogP contribution in [0.2, 0.25) is 0 Å². The lowest BCUT2D eigenvalue weighted by Gasteiger charge is -2.20. The van der Waals surface area contributed by atoms with Crippen LogP contribution >= 0.6 is 0 Å². The second-order valence-electron chi connectivity index (χ2n) is 5.98. The number of benzene rings is 1. The van der Waals surface area contributed by atoms with Crippen LogP contribution < -0.4 is 10.1 Å². The summed E-state index contributed by atoms with van der Waals surface area (Å²) < 4.78 is 19.4. The van der Waals surface area contributed by atoms with E-state index in [0.29, 0.717) is 13.0 Å². The highest BCUT2D eigenvalue weighted by Crippen LogP contribution is 2.49. The summed E-state index contributed by atoms with van der Waals surface area (Å²) in [5.41, 5.74) is 0.872. The van der Waals surface area contributed by atoms with Crippen LogP contribution in [0.4, 0.5) is 4.39 Å². The fourth-order valence-electron chi connectivity index (χ4n) is 2.41. The first-order chi connectivity index (χ1) is 10.1. The first-order valence-electron chi connectivity index (χ1n) is 7.63. The highest BCUT2D eigenvalue weighted by Gasteiger charge is 2.43. The van der Waals surface area contributed by atoms with Crippen molar-refractivity contribution < 1.29 is 9.13 Å². The Hall–Kier alpha value is -1.60. The average Bonchev–Trinajstić information content (AvgIpc) is 3.24. The van der Waals surface area contributed by atoms with Crippen molar-refractivity contribution >= 4 is 0 Å². The molecular formula is C17H23FN2O. The number of nitriles is 1. The van der Waals surface area contributed by atoms with Crippen LogP contribution in [0, 0.1) is 22.6 Å². The van der Waals surface area contributed by atoms with E-state index in [9.17, 15) is 4.39 Å². The maximum Gasteiger partial charge on any atom is 0.124 e. The minimum absolute atomic E-state index is 0.0283. The van der Waals surface area contributed by atoms with E-state index >= 15 is 0 Å². The maximum atomic E-state index is 13.5. The molecule has 1 aliphatic rings. The molecule has 0 spiro atoms. The fourth-order valence-corrected chi connectivity index (χ4v) is 2.41. The molecule has 1 aliphatic carbocycles. The van der Waals surface area contributed by atoms with Crippen LogP contribution in [0.1, 0.15) is 51.1 Å². The zero-order valence-electron chi connectivity index (χ0n) is 12.8. The van der Waals surface area contributed by atoms with Gasteiger partial charge in [0.1, 0.15) is 11.6 Å². The Kier molecular flexibility index (Phi) is 5.19. The van der Waals surface area contributed by atoms with E-state index in [1.165, 1.54) is 12.1 Å². The van der Waals surface area contributed by atoms with Crippen molar-refractivity contribution in [1.29, 1.82) is 5.26 Å². The molecule has 0 aromatic heterocycles. The van der Waals surface area contributed by atoms with Crippen LogP contribution in [-0.4, -0.2) is 13.2 Å². The molecule has 1 saturated carbocycles. The largest absolute Gasteiger partial charge is 0.493 e. The van der Waals surface area contributed by atoms with Gasteiger partial charge in [0.05, 0.1) is 12.7 Å². The number of hydrogen-bond donors (Lipinski definition) is 1. The van der Waals surface area contributed by atoms with Gasteiger partial charge in [0.15, 0.2) is 0 Å². The molecule has 1 aromatic rings. The summed E-state index contributed by atoms with van der Waals surface area (Å²) in [6.45, 7) is 5.54. The third-order valence-corrected chi connectivity index (χ3v) is 4.08. The summed E-state index contributed by atoms with van der Waals surface area (Å²) in [5.74, 6) is 0.470. The summed E-state index contributed by atoms with van der Waals surface area (Å²) in [4.78, 5) is 0. The van der Waals surface area contributed by atoms with E-state index < -0.39 is 0 Å². The molecule has 3 nitrogen and oxygen atoms in total. The fraction of sp³-hybridized carbons (Fsp3) is 0.588. The molecule has 0 radical (unpaired) electrons. The van der Waals surface area contributed by atoms with Crippen molar-refractivity contribution in [3.05, 3.63) is 29.6 Å². The molecule has 0 amide bonds. The highest BCUT2D eigenvalue weighted by molar-refractivity contribution is 5.36. The molecule has 0 bridgehead atoms. The van der Waals surface area contributed by atoms with Gasteiger partial charge in [0.25, 0.3) is 0 Å². The molecule has 21 heavy (non-hydrogen) atoms. The van der Waals surface area contributed by atoms with E-state index in [4.69, 9.17) is 10.00 Å². The summed E-state index contributed by atoms with van der Waals surface area (Å²) in [5, 5.41) is 12.2. The van der Waals surface area contributed by atoms with Crippen LogP contribution in [0.15, 0.2) is 18.2 Å². The molecule has 1 N–H and O–H groups in total. The quantitative estimate of drug-likeness (QED) is 0.788. The van der Waals surface area contributed by atoms with Crippen LogP contribution in [0.3, 0.4) is 0 Å². The van der Waals surface area contributed by atoms with Crippen molar-refractivity contribution in [3.8, 4) is 11.8 Å². The van der Waals surface area contributed by atoms with Gasteiger partial charge in [-0.2, -0.15) is 5.26 Å². The van der Waals surface area contributed by atoms with Gasteiger partial charge < -0.3 is 10.1 Å². The number of ether oxygens (including phenoxy) is 1. The molecule has 1 unspecified atom stereocenters. The summed E-state index contributed by atoms with van der Waals surface area (Å²) in [7, 11) is 0. The Balaban J connectivity index is 2.06. The Bertz CT molecular complexity index is 520. The van der Waals surface area contributed by atoms with Gasteiger partial charge in [-0.05, 0) is 50.9 Å². The van der Waals surface area contributed by atoms with E-state index in [0.717, 1.165) is 37.1 Å². The number of hydrogen-bond acceptors (Lipinski definition) is 3. The lowest BCUT2D eigenvalue weighted by atomic mass is 10.0. The number of nitrogens with zero attached hydrogens (tertiary/aromatic N) is 1. The Labute approximate surface area is 126 Å². The monoisotopic (exact) mass is 290 g/mol. The third kappa shape index (κ3) is 4.18. The summed E-state index contributed by atoms with van der Waals surface area (Å²) in [6, 6.07) is 6.92. The van der Waals surface area contributed by atoms with Crippen molar-refractivity contribution in [3.63, 3.8) is 0 Å². The van der Waals surface area contributed by atoms with Crippen LogP contribution in [-0.2, 0) is 0 Å². The topological polar surface area (TPSA) is 45.0 Å². The summed E-state index contributed by atoms with van der Waals surface area (Å²) in [6.07, 6.45) is 3.65. The molecule has 1 atom stereocenters. The van der Waals surface area contributed by atoms with Crippen molar-refractivity contribution in [1.82, 2.24) is 5.32 Å². The maximum absolute atomic E-state index is 13.5. The second kappa shape index (κ2) is 6.91. The molecule has 4 heteroatoms. The average molecular weight is 290 g/mol. The molecule has 0 aliphatic heterocycles. The van der Waals surface area contributed by atoms with E-state index in [2.05, 4.69) is 18.3 Å². The predicted molar refractivity (Wildman–Crippen MR) is 80.5 cm³/mol. The van der Waals surface area contributed by atoms with E-state index in [1.54, 1.807) is 6.07 Å². The number of halogens is 1. The molecule has 1 fully saturated rings. The number of rotatable bonds is 8. The van der Waals surface area contributed by atoms with Crippen LogP contribution in [0.25, 0.3) is 0 Å². The van der Waals surface area contributed by atoms with Crippen molar-refractivity contribution in [2.75, 3.05) is 13.2 Å². The summed E-state index contributed by atoms with van der Waals surface area (Å²) >= 11 is 0. The molecule has 1 aromatic carbocycles. The Morgan fingerprint density at radius 3 is 2.86 bits per heavy atom. The van der Waals surface area contributed by atoms with Gasteiger partial charge >= 0.3 is 0 Å². The van der Waals surface area contributed by atoms with Gasteiger partial charge in [-0.3, -0.25) is 0 Å². The van der Waals surface area contributed by atoms with Crippen molar-refractivity contribution in [2.45, 2.75) is 45.6 Å². The lowest BCUT2D eigenvalue weighted by molar-refractivity contribution is 0.233. The number of nitrogens with one attached hydrogen (secondary N) is 1. The van der Waals surface area contributed by atoms with Gasteiger partial charge in [0, 0.05) is 23.4 Å². The minimum atomic E-state index is -0.249. The standard InChI is InChI=1S/C17H23FN2O/c1-3-10-20-13(2)15-11-14(18)4-5-16(15)21-12-17(6-7-17)8-9-19/h4-5,11,13,20H,3,6-8,10,12H2,1-2H3. The van der Waals surface area contributed by atoms with E-state index in [1.807, 2.05) is 6.92 Å². The first-order valence-corrected chi connectivity index (χ1v) is 7.63. The first kappa shape index (κ1) is 15.8. The SMILES string of the molecule is CCCNC(C)c1cc(F)ccc1OCC1(CC#N)CC1. The predicted octanol–water partition coefficient (Wildman–Crippen LogP) is 3.96. The Morgan fingerprint density at radius 2 is 2.24 bits per heavy atom. The van der Waals surface area contributed by atoms with Gasteiger partial charge in [-0.15, -0.1) is 0 Å². The molecule has 0 saturated heterocycles. The zero-order valence-corrected chi connectivity index (χ0v) is 12.8. The van der Waals surface area contributed by atoms with Gasteiger partial charge in [-0.1, -0.05) is 6.92 Å². The molecular weight excluding hydrogens is 267 g/mol.